The molecular formula is C29H37N5O5. The second-order valence-electron chi connectivity index (χ2n) is 12.0. The summed E-state index contributed by atoms with van der Waals surface area (Å²) in [7, 11) is 0. The molecule has 1 atom stereocenters. The number of hydrogen-bond donors (Lipinski definition) is 1. The molecule has 39 heavy (non-hydrogen) atoms. The first-order valence-corrected chi connectivity index (χ1v) is 14.3. The summed E-state index contributed by atoms with van der Waals surface area (Å²) in [5.41, 5.74) is 3.07. The van der Waals surface area contributed by atoms with Crippen LogP contribution in [0.3, 0.4) is 0 Å². The first kappa shape index (κ1) is 24.9. The summed E-state index contributed by atoms with van der Waals surface area (Å²) < 4.78 is 20.1. The molecular weight excluding hydrogens is 498 g/mol. The molecule has 0 radical (unpaired) electrons. The van der Waals surface area contributed by atoms with E-state index in [-0.39, 0.29) is 24.1 Å². The number of carbonyl (C=O) groups is 2. The lowest BCUT2D eigenvalue weighted by atomic mass is 9.81. The Morgan fingerprint density at radius 3 is 2.77 bits per heavy atom. The van der Waals surface area contributed by atoms with Gasteiger partial charge in [0.2, 0.25) is 5.91 Å². The number of nitrogens with one attached hydrogen (secondary N) is 1. The number of piperidine rings is 1. The molecule has 10 heteroatoms. The molecule has 2 spiro atoms. The number of likely N-dealkylation sites (tertiary alicyclic amines) is 1. The molecule has 1 unspecified atom stereocenters. The van der Waals surface area contributed by atoms with Gasteiger partial charge in [-0.15, -0.1) is 0 Å². The topological polar surface area (TPSA) is 98.2 Å². The van der Waals surface area contributed by atoms with Crippen molar-refractivity contribution in [1.29, 1.82) is 0 Å². The van der Waals surface area contributed by atoms with Gasteiger partial charge in [0.25, 0.3) is 0 Å². The van der Waals surface area contributed by atoms with Crippen LogP contribution in [0.4, 0.5) is 4.79 Å². The minimum Gasteiger partial charge on any atom is -0.482 e. The molecule has 5 heterocycles. The lowest BCUT2D eigenvalue weighted by Crippen LogP contribution is -2.55. The summed E-state index contributed by atoms with van der Waals surface area (Å²) in [6.07, 6.45) is 6.28. The number of nitrogens with zero attached hydrogens (tertiary/aromatic N) is 4. The van der Waals surface area contributed by atoms with Crippen molar-refractivity contribution < 1.29 is 23.8 Å². The van der Waals surface area contributed by atoms with Crippen molar-refractivity contribution in [3.63, 3.8) is 0 Å². The average molecular weight is 536 g/mol. The van der Waals surface area contributed by atoms with Crippen LogP contribution in [-0.4, -0.2) is 89.7 Å². The molecule has 1 aromatic heterocycles. The van der Waals surface area contributed by atoms with Gasteiger partial charge in [-0.2, -0.15) is 5.10 Å². The molecule has 3 saturated heterocycles. The standard InChI is InChI=1S/C29H37N5O5/c1-20-2-5-22-24(14-20)39-29(7-10-32(11-8-29)27(36)37-17-21-3-4-21)23-15-34(31-26(22)23)16-25(35)33-12-13-38-28(19-33)6-9-30-18-28/h2,5,14-15,21,30H,3-4,6-13,16-19H2,1H3. The summed E-state index contributed by atoms with van der Waals surface area (Å²) in [6, 6.07) is 6.18. The molecule has 5 aliphatic rings. The van der Waals surface area contributed by atoms with Crippen LogP contribution in [0.25, 0.3) is 11.3 Å². The van der Waals surface area contributed by atoms with E-state index in [9.17, 15) is 9.59 Å². The van der Waals surface area contributed by atoms with Crippen molar-refractivity contribution in [2.24, 2.45) is 5.92 Å². The number of ether oxygens (including phenoxy) is 3. The Labute approximate surface area is 228 Å². The van der Waals surface area contributed by atoms with E-state index >= 15 is 0 Å². The highest BCUT2D eigenvalue weighted by atomic mass is 16.6. The van der Waals surface area contributed by atoms with Gasteiger partial charge in [-0.3, -0.25) is 9.48 Å². The molecule has 7 rings (SSSR count). The molecule has 208 valence electrons. The number of aromatic nitrogens is 2. The van der Waals surface area contributed by atoms with E-state index in [0.717, 1.165) is 60.5 Å². The number of amides is 2. The summed E-state index contributed by atoms with van der Waals surface area (Å²) in [5.74, 6) is 1.41. The Bertz CT molecular complexity index is 1270. The van der Waals surface area contributed by atoms with Gasteiger partial charge >= 0.3 is 6.09 Å². The Morgan fingerprint density at radius 1 is 1.15 bits per heavy atom. The van der Waals surface area contributed by atoms with Crippen LogP contribution in [0.2, 0.25) is 0 Å². The van der Waals surface area contributed by atoms with E-state index in [2.05, 4.69) is 30.4 Å². The van der Waals surface area contributed by atoms with Crippen LogP contribution in [0.5, 0.6) is 5.75 Å². The maximum absolute atomic E-state index is 13.4. The monoisotopic (exact) mass is 535 g/mol. The summed E-state index contributed by atoms with van der Waals surface area (Å²) in [4.78, 5) is 29.8. The zero-order valence-electron chi connectivity index (χ0n) is 22.6. The Balaban J connectivity index is 1.12. The van der Waals surface area contributed by atoms with Crippen LogP contribution in [0.15, 0.2) is 24.4 Å². The van der Waals surface area contributed by atoms with Crippen molar-refractivity contribution in [1.82, 2.24) is 24.9 Å². The predicted octanol–water partition coefficient (Wildman–Crippen LogP) is 2.68. The van der Waals surface area contributed by atoms with Crippen molar-refractivity contribution in [3.8, 4) is 17.0 Å². The number of benzene rings is 1. The molecule has 1 aliphatic carbocycles. The fraction of sp³-hybridized carbons (Fsp3) is 0.621. The molecule has 4 aliphatic heterocycles. The molecule has 2 amide bonds. The van der Waals surface area contributed by atoms with Gasteiger partial charge in [-0.1, -0.05) is 6.07 Å². The number of aryl methyl sites for hydroxylation is 1. The van der Waals surface area contributed by atoms with Crippen LogP contribution in [-0.2, 0) is 26.4 Å². The van der Waals surface area contributed by atoms with E-state index in [1.165, 1.54) is 0 Å². The molecule has 4 fully saturated rings. The van der Waals surface area contributed by atoms with Crippen LogP contribution in [0, 0.1) is 12.8 Å². The molecule has 1 aromatic carbocycles. The molecule has 1 saturated carbocycles. The highest BCUT2D eigenvalue weighted by Crippen LogP contribution is 2.49. The Hall–Kier alpha value is -3.11. The fourth-order valence-electron chi connectivity index (χ4n) is 6.47. The van der Waals surface area contributed by atoms with Gasteiger partial charge in [-0.05, 0) is 56.3 Å². The van der Waals surface area contributed by atoms with E-state index < -0.39 is 5.60 Å². The molecule has 1 N–H and O–H groups in total. The van der Waals surface area contributed by atoms with Gasteiger partial charge in [0, 0.05) is 56.3 Å². The average Bonchev–Trinajstić information content (AvgIpc) is 3.51. The maximum Gasteiger partial charge on any atom is 0.409 e. The van der Waals surface area contributed by atoms with Crippen molar-refractivity contribution >= 4 is 12.0 Å². The quantitative estimate of drug-likeness (QED) is 0.643. The molecule has 10 nitrogen and oxygen atoms in total. The second-order valence-corrected chi connectivity index (χ2v) is 12.0. The smallest absolute Gasteiger partial charge is 0.409 e. The lowest BCUT2D eigenvalue weighted by Gasteiger charge is -2.43. The summed E-state index contributed by atoms with van der Waals surface area (Å²) in [6.45, 7) is 7.34. The number of fused-ring (bicyclic) bond motifs is 4. The minimum atomic E-state index is -0.594. The van der Waals surface area contributed by atoms with Crippen LogP contribution < -0.4 is 10.1 Å². The minimum absolute atomic E-state index is 0.0525. The molecule has 2 aromatic rings. The maximum atomic E-state index is 13.4. The fourth-order valence-corrected chi connectivity index (χ4v) is 6.47. The zero-order valence-corrected chi connectivity index (χ0v) is 22.6. The van der Waals surface area contributed by atoms with Crippen LogP contribution in [0.1, 0.15) is 43.2 Å². The Morgan fingerprint density at radius 2 is 2.00 bits per heavy atom. The van der Waals surface area contributed by atoms with Gasteiger partial charge in [-0.25, -0.2) is 4.79 Å². The first-order chi connectivity index (χ1) is 18.9. The third-order valence-electron chi connectivity index (χ3n) is 9.02. The molecule has 0 bridgehead atoms. The number of rotatable bonds is 4. The number of morpholine rings is 1. The van der Waals surface area contributed by atoms with Gasteiger partial charge < -0.3 is 29.3 Å². The van der Waals surface area contributed by atoms with Crippen molar-refractivity contribution in [3.05, 3.63) is 35.5 Å². The predicted molar refractivity (Wildman–Crippen MR) is 142 cm³/mol. The highest BCUT2D eigenvalue weighted by Gasteiger charge is 2.47. The SMILES string of the molecule is Cc1ccc2c(c1)OC1(CCN(C(=O)OCC3CC3)CC1)c1cn(CC(=O)N3CCOC4(CCNC4)C3)nc1-2. The van der Waals surface area contributed by atoms with Gasteiger partial charge in [0.1, 0.15) is 23.6 Å². The highest BCUT2D eigenvalue weighted by molar-refractivity contribution is 5.77. The first-order valence-electron chi connectivity index (χ1n) is 14.3. The van der Waals surface area contributed by atoms with Gasteiger partial charge in [0.05, 0.1) is 25.4 Å². The number of carbonyl (C=O) groups excluding carboxylic acids is 2. The van der Waals surface area contributed by atoms with Gasteiger partial charge in [0.15, 0.2) is 0 Å². The third-order valence-corrected chi connectivity index (χ3v) is 9.02. The Kier molecular flexibility index (Phi) is 6.08. The largest absolute Gasteiger partial charge is 0.482 e. The van der Waals surface area contributed by atoms with E-state index in [1.54, 1.807) is 9.58 Å². The summed E-state index contributed by atoms with van der Waals surface area (Å²) >= 11 is 0. The normalized spacial score (nSPS) is 25.4. The number of hydrogen-bond acceptors (Lipinski definition) is 7. The second kappa shape index (κ2) is 9.52. The zero-order chi connectivity index (χ0) is 26.6. The summed E-state index contributed by atoms with van der Waals surface area (Å²) in [5, 5.41) is 8.31. The van der Waals surface area contributed by atoms with E-state index in [4.69, 9.17) is 19.3 Å². The van der Waals surface area contributed by atoms with Crippen LogP contribution >= 0.6 is 0 Å². The van der Waals surface area contributed by atoms with E-state index in [0.29, 0.717) is 58.2 Å². The third kappa shape index (κ3) is 4.67. The van der Waals surface area contributed by atoms with Crippen molar-refractivity contribution in [2.75, 3.05) is 52.5 Å². The van der Waals surface area contributed by atoms with E-state index in [1.807, 2.05) is 11.1 Å². The lowest BCUT2D eigenvalue weighted by molar-refractivity contribution is -0.148. The van der Waals surface area contributed by atoms with Crippen molar-refractivity contribution in [2.45, 2.75) is 56.8 Å².